The van der Waals surface area contributed by atoms with Crippen LogP contribution in [0.25, 0.3) is 0 Å². The van der Waals surface area contributed by atoms with Gasteiger partial charge in [0.05, 0.1) is 0 Å². The van der Waals surface area contributed by atoms with Gasteiger partial charge in [0.2, 0.25) is 0 Å². The molecule has 4 aromatic carbocycles. The van der Waals surface area contributed by atoms with Gasteiger partial charge in [0.15, 0.2) is 11.6 Å². The molecule has 2 nitrogen and oxygen atoms in total. The maximum Gasteiger partial charge on any atom is 0.163 e. The number of benzene rings is 4. The van der Waals surface area contributed by atoms with Crippen LogP contribution in [-0.4, -0.2) is 23.1 Å². The molecule has 4 rings (SSSR count). The van der Waals surface area contributed by atoms with E-state index in [9.17, 15) is 9.59 Å². The van der Waals surface area contributed by atoms with E-state index in [1.54, 1.807) is 35.3 Å². The molecule has 0 aliphatic rings. The van der Waals surface area contributed by atoms with Crippen molar-refractivity contribution in [2.24, 2.45) is 0 Å². The van der Waals surface area contributed by atoms with Crippen LogP contribution in [-0.2, 0) is 0 Å². The van der Waals surface area contributed by atoms with Gasteiger partial charge in [-0.15, -0.1) is 23.5 Å². The first-order chi connectivity index (χ1) is 18.0. The highest BCUT2D eigenvalue weighted by Crippen LogP contribution is 2.31. The number of ketones is 2. The molecule has 7 heteroatoms. The molecule has 0 bridgehead atoms. The van der Waals surface area contributed by atoms with E-state index in [0.717, 1.165) is 41.4 Å². The number of rotatable bonds is 12. The summed E-state index contributed by atoms with van der Waals surface area (Å²) in [6.45, 7) is 0. The Morgan fingerprint density at radius 2 is 0.811 bits per heavy atom. The molecule has 0 atom stereocenters. The monoisotopic (exact) mass is 670 g/mol. The summed E-state index contributed by atoms with van der Waals surface area (Å²) in [7, 11) is 0. The SMILES string of the molecule is O=C(CCSc1ccc(Sc2ccc(SCCC(=O)c3ccc(Br)cc3)cc2)cc1)c1ccc(Br)cc1. The molecule has 37 heavy (non-hydrogen) atoms. The lowest BCUT2D eigenvalue weighted by Crippen LogP contribution is -2.00. The lowest BCUT2D eigenvalue weighted by molar-refractivity contribution is 0.0981. The molecule has 0 aliphatic carbocycles. The van der Waals surface area contributed by atoms with E-state index in [4.69, 9.17) is 0 Å². The topological polar surface area (TPSA) is 34.1 Å². The molecule has 0 saturated heterocycles. The minimum atomic E-state index is 0.171. The number of hydrogen-bond acceptors (Lipinski definition) is 5. The summed E-state index contributed by atoms with van der Waals surface area (Å²) in [5, 5.41) is 0. The molecule has 0 spiro atoms. The number of Topliss-reactive ketones (excluding diaryl/α,β-unsaturated/α-hetero) is 2. The van der Waals surface area contributed by atoms with E-state index < -0.39 is 0 Å². The fraction of sp³-hybridized carbons (Fsp3) is 0.133. The average Bonchev–Trinajstić information content (AvgIpc) is 2.91. The third-order valence-electron chi connectivity index (χ3n) is 5.41. The smallest absolute Gasteiger partial charge is 0.163 e. The van der Waals surface area contributed by atoms with E-state index in [1.165, 1.54) is 9.79 Å². The van der Waals surface area contributed by atoms with Crippen molar-refractivity contribution in [3.63, 3.8) is 0 Å². The molecular weight excluding hydrogens is 648 g/mol. The van der Waals surface area contributed by atoms with Crippen LogP contribution in [0.3, 0.4) is 0 Å². The molecule has 0 amide bonds. The third-order valence-corrected chi connectivity index (χ3v) is 9.51. The highest BCUT2D eigenvalue weighted by atomic mass is 79.9. The Hall–Kier alpha value is -1.77. The lowest BCUT2D eigenvalue weighted by Gasteiger charge is -2.06. The van der Waals surface area contributed by atoms with Gasteiger partial charge in [-0.25, -0.2) is 0 Å². The molecule has 0 saturated carbocycles. The van der Waals surface area contributed by atoms with Crippen LogP contribution in [0.15, 0.2) is 126 Å². The van der Waals surface area contributed by atoms with Crippen molar-refractivity contribution in [2.75, 3.05) is 11.5 Å². The maximum absolute atomic E-state index is 12.3. The largest absolute Gasteiger partial charge is 0.294 e. The number of carbonyl (C=O) groups excluding carboxylic acids is 2. The predicted octanol–water partition coefficient (Wildman–Crippen LogP) is 10.1. The first kappa shape index (κ1) is 28.2. The Balaban J connectivity index is 1.19. The maximum atomic E-state index is 12.3. The summed E-state index contributed by atoms with van der Waals surface area (Å²) < 4.78 is 1.96. The summed E-state index contributed by atoms with van der Waals surface area (Å²) in [4.78, 5) is 29.4. The number of thioether (sulfide) groups is 2. The fourth-order valence-electron chi connectivity index (χ4n) is 3.43. The normalized spacial score (nSPS) is 10.9. The van der Waals surface area contributed by atoms with E-state index in [0.29, 0.717) is 12.8 Å². The Morgan fingerprint density at radius 1 is 0.486 bits per heavy atom. The summed E-state index contributed by atoms with van der Waals surface area (Å²) in [6.07, 6.45) is 1.04. The molecule has 0 aromatic heterocycles. The standard InChI is InChI=1S/C30H24Br2O2S3/c31-23-5-1-21(2-6-23)29(33)17-19-35-25-9-13-27(14-10-25)37-28-15-11-26(12-16-28)36-20-18-30(34)22-3-7-24(32)8-4-22/h1-16H,17-20H2. The molecule has 0 radical (unpaired) electrons. The first-order valence-corrected chi connectivity index (χ1v) is 16.0. The number of hydrogen-bond donors (Lipinski definition) is 0. The van der Waals surface area contributed by atoms with Crippen LogP contribution in [0, 0.1) is 0 Å². The quantitative estimate of drug-likeness (QED) is 0.111. The van der Waals surface area contributed by atoms with Crippen LogP contribution < -0.4 is 0 Å². The Bertz CT molecular complexity index is 1220. The van der Waals surface area contributed by atoms with E-state index in [1.807, 2.05) is 48.5 Å². The average molecular weight is 673 g/mol. The second kappa shape index (κ2) is 14.4. The lowest BCUT2D eigenvalue weighted by atomic mass is 10.1. The minimum absolute atomic E-state index is 0.171. The van der Waals surface area contributed by atoms with Gasteiger partial charge in [0.1, 0.15) is 0 Å². The van der Waals surface area contributed by atoms with Crippen molar-refractivity contribution < 1.29 is 9.59 Å². The van der Waals surface area contributed by atoms with Crippen LogP contribution in [0.1, 0.15) is 33.6 Å². The van der Waals surface area contributed by atoms with Crippen LogP contribution in [0.2, 0.25) is 0 Å². The van der Waals surface area contributed by atoms with Crippen LogP contribution in [0.4, 0.5) is 0 Å². The zero-order valence-corrected chi connectivity index (χ0v) is 25.5. The van der Waals surface area contributed by atoms with Crippen LogP contribution >= 0.6 is 67.1 Å². The van der Waals surface area contributed by atoms with Gasteiger partial charge in [-0.3, -0.25) is 9.59 Å². The summed E-state index contributed by atoms with van der Waals surface area (Å²) in [6, 6.07) is 32.0. The van der Waals surface area contributed by atoms with Crippen molar-refractivity contribution >= 4 is 78.7 Å². The Kier molecular flexibility index (Phi) is 11.0. The van der Waals surface area contributed by atoms with Crippen molar-refractivity contribution in [3.05, 3.63) is 117 Å². The highest BCUT2D eigenvalue weighted by Gasteiger charge is 2.08. The summed E-state index contributed by atoms with van der Waals surface area (Å²) >= 11 is 11.9. The second-order valence-electron chi connectivity index (χ2n) is 8.10. The highest BCUT2D eigenvalue weighted by molar-refractivity contribution is 9.10. The van der Waals surface area contributed by atoms with Crippen molar-refractivity contribution in [1.29, 1.82) is 0 Å². The van der Waals surface area contributed by atoms with Gasteiger partial charge in [0.25, 0.3) is 0 Å². The van der Waals surface area contributed by atoms with Gasteiger partial charge in [-0.2, -0.15) is 0 Å². The van der Waals surface area contributed by atoms with Gasteiger partial charge >= 0.3 is 0 Å². The predicted molar refractivity (Wildman–Crippen MR) is 165 cm³/mol. The zero-order chi connectivity index (χ0) is 26.0. The van der Waals surface area contributed by atoms with Crippen molar-refractivity contribution in [3.8, 4) is 0 Å². The van der Waals surface area contributed by atoms with Gasteiger partial charge in [0, 0.05) is 64.0 Å². The molecule has 188 valence electrons. The van der Waals surface area contributed by atoms with E-state index in [2.05, 4.69) is 80.4 Å². The molecule has 0 unspecified atom stereocenters. The van der Waals surface area contributed by atoms with E-state index in [-0.39, 0.29) is 11.6 Å². The van der Waals surface area contributed by atoms with Crippen molar-refractivity contribution in [2.45, 2.75) is 32.4 Å². The van der Waals surface area contributed by atoms with Gasteiger partial charge < -0.3 is 0 Å². The number of halogens is 2. The summed E-state index contributed by atoms with van der Waals surface area (Å²) in [5.74, 6) is 1.86. The molecule has 0 heterocycles. The molecule has 4 aromatic rings. The van der Waals surface area contributed by atoms with Crippen LogP contribution in [0.5, 0.6) is 0 Å². The van der Waals surface area contributed by atoms with Gasteiger partial charge in [-0.05, 0) is 72.8 Å². The Labute approximate surface area is 247 Å². The first-order valence-electron chi connectivity index (χ1n) is 11.7. The molecular formula is C30H24Br2O2S3. The minimum Gasteiger partial charge on any atom is -0.294 e. The molecule has 0 aliphatic heterocycles. The van der Waals surface area contributed by atoms with Crippen molar-refractivity contribution in [1.82, 2.24) is 0 Å². The molecule has 0 N–H and O–H groups in total. The number of carbonyl (C=O) groups is 2. The van der Waals surface area contributed by atoms with Gasteiger partial charge in [-0.1, -0.05) is 67.9 Å². The summed E-state index contributed by atoms with van der Waals surface area (Å²) in [5.41, 5.74) is 1.52. The third kappa shape index (κ3) is 9.18. The fourth-order valence-corrected chi connectivity index (χ4v) is 6.48. The second-order valence-corrected chi connectivity index (χ2v) is 13.4. The van der Waals surface area contributed by atoms with E-state index >= 15 is 0 Å². The Morgan fingerprint density at radius 3 is 1.16 bits per heavy atom. The molecule has 0 fully saturated rings. The zero-order valence-electron chi connectivity index (χ0n) is 19.9.